The van der Waals surface area contributed by atoms with Gasteiger partial charge in [-0.25, -0.2) is 4.79 Å². The van der Waals surface area contributed by atoms with Gasteiger partial charge in [0.15, 0.2) is 5.78 Å². The molecule has 1 aromatic rings. The number of nitrogens with zero attached hydrogens (tertiary/aromatic N) is 2. The Morgan fingerprint density at radius 3 is 2.00 bits per heavy atom. The fourth-order valence-electron chi connectivity index (χ4n) is 2.25. The molecule has 0 fully saturated rings. The van der Waals surface area contributed by atoms with Gasteiger partial charge in [0.2, 0.25) is 0 Å². The minimum Gasteiger partial charge on any atom is -0.444 e. The number of amides is 1. The van der Waals surface area contributed by atoms with Gasteiger partial charge >= 0.3 is 6.09 Å². The second-order valence-electron chi connectivity index (χ2n) is 6.83. The largest absolute Gasteiger partial charge is 0.444 e. The van der Waals surface area contributed by atoms with Crippen molar-refractivity contribution in [3.63, 3.8) is 0 Å². The maximum Gasteiger partial charge on any atom is 0.411 e. The number of Topliss-reactive ketones (excluding diaryl/α,β-unsaturated/α-hetero) is 1. The molecule has 0 aliphatic rings. The maximum atomic E-state index is 12.6. The number of hydrogen-bond donors (Lipinski definition) is 0. The molecule has 7 heteroatoms. The summed E-state index contributed by atoms with van der Waals surface area (Å²) in [5.74, 6) is -0.301. The van der Waals surface area contributed by atoms with Crippen LogP contribution in [-0.4, -0.2) is 39.4 Å². The molecule has 0 radical (unpaired) electrons. The molecular weight excluding hydrogens is 312 g/mol. The van der Waals surface area contributed by atoms with E-state index in [-0.39, 0.29) is 17.5 Å². The topological polar surface area (TPSA) is 89.8 Å². The van der Waals surface area contributed by atoms with Gasteiger partial charge in [0.25, 0.3) is 5.69 Å². The van der Waals surface area contributed by atoms with Crippen LogP contribution in [0.2, 0.25) is 0 Å². The zero-order valence-electron chi connectivity index (χ0n) is 14.9. The Hall–Kier alpha value is -2.44. The number of ether oxygens (including phenoxy) is 1. The van der Waals surface area contributed by atoms with Crippen LogP contribution in [0.25, 0.3) is 0 Å². The first-order valence-electron chi connectivity index (χ1n) is 7.74. The lowest BCUT2D eigenvalue weighted by atomic mass is 10.0. The third-order valence-electron chi connectivity index (χ3n) is 3.32. The highest BCUT2D eigenvalue weighted by Crippen LogP contribution is 2.19. The van der Waals surface area contributed by atoms with Crippen LogP contribution in [0, 0.1) is 10.1 Å². The minimum absolute atomic E-state index is 0.0907. The molecule has 7 nitrogen and oxygen atoms in total. The number of carbonyl (C=O) groups is 2. The van der Waals surface area contributed by atoms with Crippen molar-refractivity contribution in [2.45, 2.75) is 59.2 Å². The Bertz CT molecular complexity index is 617. The lowest BCUT2D eigenvalue weighted by molar-refractivity contribution is -0.384. The molecule has 1 aromatic carbocycles. The number of benzene rings is 1. The van der Waals surface area contributed by atoms with Crippen LogP contribution < -0.4 is 0 Å². The van der Waals surface area contributed by atoms with Crippen molar-refractivity contribution in [3.05, 3.63) is 39.9 Å². The van der Waals surface area contributed by atoms with E-state index in [2.05, 4.69) is 0 Å². The number of carbonyl (C=O) groups excluding carboxylic acids is 2. The predicted octanol–water partition coefficient (Wildman–Crippen LogP) is 3.81. The molecule has 1 atom stereocenters. The molecule has 1 unspecified atom stereocenters. The van der Waals surface area contributed by atoms with E-state index in [0.717, 1.165) is 0 Å². The second-order valence-corrected chi connectivity index (χ2v) is 6.83. The summed E-state index contributed by atoms with van der Waals surface area (Å²) >= 11 is 0. The highest BCUT2D eigenvalue weighted by Gasteiger charge is 2.32. The minimum atomic E-state index is -0.749. The number of hydrogen-bond acceptors (Lipinski definition) is 5. The van der Waals surface area contributed by atoms with Crippen LogP contribution in [0.3, 0.4) is 0 Å². The van der Waals surface area contributed by atoms with Gasteiger partial charge in [0.05, 0.1) is 11.0 Å². The van der Waals surface area contributed by atoms with Crippen molar-refractivity contribution in [1.82, 2.24) is 4.90 Å². The molecule has 0 saturated heterocycles. The Labute approximate surface area is 141 Å². The summed E-state index contributed by atoms with van der Waals surface area (Å²) in [4.78, 5) is 36.5. The summed E-state index contributed by atoms with van der Waals surface area (Å²) in [7, 11) is 0. The third kappa shape index (κ3) is 5.04. The average molecular weight is 336 g/mol. The summed E-state index contributed by atoms with van der Waals surface area (Å²) < 4.78 is 5.36. The third-order valence-corrected chi connectivity index (χ3v) is 3.32. The molecule has 0 spiro atoms. The zero-order chi connectivity index (χ0) is 18.7. The average Bonchev–Trinajstić information content (AvgIpc) is 2.44. The number of nitro groups is 1. The smallest absolute Gasteiger partial charge is 0.411 e. The molecule has 0 heterocycles. The lowest BCUT2D eigenvalue weighted by Crippen LogP contribution is -2.49. The van der Waals surface area contributed by atoms with Crippen LogP contribution in [0.5, 0.6) is 0 Å². The predicted molar refractivity (Wildman–Crippen MR) is 90.1 cm³/mol. The molecule has 0 N–H and O–H groups in total. The molecule has 1 amide bonds. The number of non-ortho nitro benzene ring substituents is 1. The first-order chi connectivity index (χ1) is 10.9. The van der Waals surface area contributed by atoms with Gasteiger partial charge in [0, 0.05) is 23.7 Å². The summed E-state index contributed by atoms with van der Waals surface area (Å²) in [5.41, 5.74) is -0.449. The van der Waals surface area contributed by atoms with E-state index in [0.29, 0.717) is 5.56 Å². The number of rotatable bonds is 5. The van der Waals surface area contributed by atoms with E-state index in [1.807, 2.05) is 0 Å². The van der Waals surface area contributed by atoms with E-state index in [1.54, 1.807) is 41.5 Å². The number of ketones is 1. The molecule has 0 aliphatic carbocycles. The van der Waals surface area contributed by atoms with Gasteiger partial charge in [-0.05, 0) is 53.7 Å². The summed E-state index contributed by atoms with van der Waals surface area (Å²) in [5, 5.41) is 10.7. The van der Waals surface area contributed by atoms with Crippen LogP contribution in [-0.2, 0) is 4.74 Å². The summed E-state index contributed by atoms with van der Waals surface area (Å²) in [6, 6.07) is 4.34. The van der Waals surface area contributed by atoms with Crippen molar-refractivity contribution in [3.8, 4) is 0 Å². The normalized spacial score (nSPS) is 12.6. The SMILES string of the molecule is CC(C)N(C(=O)OC(C)(C)C)C(C)C(=O)c1ccc([N+](=O)[O-])cc1. The van der Waals surface area contributed by atoms with E-state index in [4.69, 9.17) is 4.74 Å². The standard InChI is InChI=1S/C17H24N2O5/c1-11(2)18(16(21)24-17(4,5)6)12(3)15(20)13-7-9-14(10-8-13)19(22)23/h7-12H,1-6H3. The van der Waals surface area contributed by atoms with Gasteiger partial charge in [-0.2, -0.15) is 0 Å². The number of nitro benzene ring substituents is 1. The molecule has 1 rings (SSSR count). The van der Waals surface area contributed by atoms with Crippen LogP contribution in [0.4, 0.5) is 10.5 Å². The quantitative estimate of drug-likeness (QED) is 0.463. The van der Waals surface area contributed by atoms with Crippen LogP contribution in [0.1, 0.15) is 51.9 Å². The summed E-state index contributed by atoms with van der Waals surface area (Å²) in [6.07, 6.45) is -0.569. The van der Waals surface area contributed by atoms with Gasteiger partial charge < -0.3 is 4.74 Å². The van der Waals surface area contributed by atoms with Crippen molar-refractivity contribution in [2.75, 3.05) is 0 Å². The van der Waals surface area contributed by atoms with Crippen molar-refractivity contribution < 1.29 is 19.2 Å². The van der Waals surface area contributed by atoms with E-state index in [1.165, 1.54) is 29.2 Å². The molecule has 0 aliphatic heterocycles. The lowest BCUT2D eigenvalue weighted by Gasteiger charge is -2.33. The van der Waals surface area contributed by atoms with Crippen molar-refractivity contribution in [1.29, 1.82) is 0 Å². The van der Waals surface area contributed by atoms with Gasteiger partial charge in [-0.1, -0.05) is 0 Å². The fourth-order valence-corrected chi connectivity index (χ4v) is 2.25. The van der Waals surface area contributed by atoms with Crippen LogP contribution in [0.15, 0.2) is 24.3 Å². The Morgan fingerprint density at radius 1 is 1.12 bits per heavy atom. The monoisotopic (exact) mass is 336 g/mol. The maximum absolute atomic E-state index is 12.6. The zero-order valence-corrected chi connectivity index (χ0v) is 14.9. The van der Waals surface area contributed by atoms with Crippen molar-refractivity contribution in [2.24, 2.45) is 0 Å². The first-order valence-corrected chi connectivity index (χ1v) is 7.74. The molecule has 0 bridgehead atoms. The molecular formula is C17H24N2O5. The Morgan fingerprint density at radius 2 is 1.62 bits per heavy atom. The van der Waals surface area contributed by atoms with Crippen LogP contribution >= 0.6 is 0 Å². The summed E-state index contributed by atoms with van der Waals surface area (Å²) in [6.45, 7) is 10.5. The van der Waals surface area contributed by atoms with Gasteiger partial charge in [-0.15, -0.1) is 0 Å². The molecule has 132 valence electrons. The van der Waals surface area contributed by atoms with Crippen molar-refractivity contribution >= 4 is 17.6 Å². The van der Waals surface area contributed by atoms with E-state index >= 15 is 0 Å². The molecule has 0 aromatic heterocycles. The first kappa shape index (κ1) is 19.6. The fraction of sp³-hybridized carbons (Fsp3) is 0.529. The second kappa shape index (κ2) is 7.42. The highest BCUT2D eigenvalue weighted by molar-refractivity contribution is 6.01. The highest BCUT2D eigenvalue weighted by atomic mass is 16.6. The molecule has 0 saturated carbocycles. The molecule has 24 heavy (non-hydrogen) atoms. The Balaban J connectivity index is 3.01. The van der Waals surface area contributed by atoms with Gasteiger partial charge in [-0.3, -0.25) is 19.8 Å². The van der Waals surface area contributed by atoms with E-state index < -0.39 is 22.7 Å². The Kier molecular flexibility index (Phi) is 6.06. The van der Waals surface area contributed by atoms with E-state index in [9.17, 15) is 19.7 Å². The van der Waals surface area contributed by atoms with Gasteiger partial charge in [0.1, 0.15) is 5.60 Å².